The lowest BCUT2D eigenvalue weighted by atomic mass is 9.44. The van der Waals surface area contributed by atoms with Crippen LogP contribution in [0.1, 0.15) is 68.3 Å². The number of rotatable bonds is 6. The third kappa shape index (κ3) is 3.73. The molecule has 4 aliphatic carbocycles. The van der Waals surface area contributed by atoms with Crippen molar-refractivity contribution in [2.75, 3.05) is 6.61 Å². The molecule has 0 bridgehead atoms. The Bertz CT molecular complexity index is 1580. The van der Waals surface area contributed by atoms with Crippen LogP contribution < -0.4 is 0 Å². The molecule has 2 heterocycles. The minimum atomic E-state index is -2.04. The predicted octanol–water partition coefficient (Wildman–Crippen LogP) is 3.80. The molecule has 1 aliphatic heterocycles. The summed E-state index contributed by atoms with van der Waals surface area (Å²) in [6, 6.07) is 11.6. The summed E-state index contributed by atoms with van der Waals surface area (Å²) in [5, 5.41) is 31.3. The number of carbonyl (C=O) groups excluding carboxylic acids is 2. The highest BCUT2D eigenvalue weighted by atomic mass is 19.1. The van der Waals surface area contributed by atoms with Crippen molar-refractivity contribution in [2.45, 2.75) is 82.3 Å². The monoisotopic (exact) mass is 605 g/mol. The molecule has 0 radical (unpaired) electrons. The van der Waals surface area contributed by atoms with Crippen LogP contribution in [-0.4, -0.2) is 61.5 Å². The summed E-state index contributed by atoms with van der Waals surface area (Å²) in [5.41, 5.74) is -1.40. The van der Waals surface area contributed by atoms with Gasteiger partial charge in [0, 0.05) is 35.9 Å². The maximum absolute atomic E-state index is 17.6. The normalized spacial score (nSPS) is 40.7. The molecule has 44 heavy (non-hydrogen) atoms. The number of nitrogens with zero attached hydrogens (tertiary/aromatic N) is 1. The second kappa shape index (κ2) is 10.0. The van der Waals surface area contributed by atoms with Crippen molar-refractivity contribution in [3.05, 3.63) is 82.7 Å². The number of fused-ring (bicyclic) bond motifs is 7. The lowest BCUT2D eigenvalue weighted by molar-refractivity contribution is -0.232. The Kier molecular flexibility index (Phi) is 6.78. The van der Waals surface area contributed by atoms with Crippen LogP contribution in [0.3, 0.4) is 0 Å². The molecule has 1 aromatic carbocycles. The highest BCUT2D eigenvalue weighted by Gasteiger charge is 2.79. The maximum Gasteiger partial charge on any atom is 0.200 e. The van der Waals surface area contributed by atoms with E-state index in [2.05, 4.69) is 0 Å². The van der Waals surface area contributed by atoms with E-state index in [4.69, 9.17) is 9.47 Å². The van der Waals surface area contributed by atoms with E-state index in [-0.39, 0.29) is 24.7 Å². The lowest BCUT2D eigenvalue weighted by Crippen LogP contribution is -2.69. The third-order valence-corrected chi connectivity index (χ3v) is 12.0. The van der Waals surface area contributed by atoms with E-state index in [9.17, 15) is 24.9 Å². The molecule has 0 spiro atoms. The van der Waals surface area contributed by atoms with Gasteiger partial charge in [-0.3, -0.25) is 9.59 Å². The van der Waals surface area contributed by atoms with Crippen molar-refractivity contribution < 1.29 is 38.8 Å². The first-order chi connectivity index (χ1) is 20.9. The fraction of sp³-hybridized carbons (Fsp3) is 0.543. The van der Waals surface area contributed by atoms with Gasteiger partial charge in [0.15, 0.2) is 22.8 Å². The van der Waals surface area contributed by atoms with Gasteiger partial charge < -0.3 is 29.4 Å². The number of ether oxygens (including phenoxy) is 2. The van der Waals surface area contributed by atoms with Gasteiger partial charge >= 0.3 is 0 Å². The number of ketones is 2. The molecule has 4 fully saturated rings. The molecular formula is C35H40FNO7. The Morgan fingerprint density at radius 3 is 2.52 bits per heavy atom. The van der Waals surface area contributed by atoms with E-state index in [1.807, 2.05) is 54.9 Å². The van der Waals surface area contributed by atoms with Gasteiger partial charge in [0.05, 0.1) is 24.5 Å². The van der Waals surface area contributed by atoms with Gasteiger partial charge in [-0.2, -0.15) is 0 Å². The maximum atomic E-state index is 17.6. The number of halogens is 1. The van der Waals surface area contributed by atoms with Crippen molar-refractivity contribution in [1.29, 1.82) is 0 Å². The Labute approximate surface area is 256 Å². The minimum absolute atomic E-state index is 0.0141. The van der Waals surface area contributed by atoms with Crippen molar-refractivity contribution in [3.63, 3.8) is 0 Å². The van der Waals surface area contributed by atoms with Crippen LogP contribution in [0.2, 0.25) is 0 Å². The van der Waals surface area contributed by atoms with Crippen molar-refractivity contribution in [2.24, 2.45) is 29.7 Å². The Morgan fingerprint density at radius 2 is 1.82 bits per heavy atom. The summed E-state index contributed by atoms with van der Waals surface area (Å²) in [5.74, 6) is -1.64. The van der Waals surface area contributed by atoms with Crippen molar-refractivity contribution in [1.82, 2.24) is 4.57 Å². The van der Waals surface area contributed by atoms with Crippen molar-refractivity contribution in [3.8, 4) is 0 Å². The minimum Gasteiger partial charge on any atom is -0.392 e. The van der Waals surface area contributed by atoms with Crippen LogP contribution in [0.4, 0.5) is 4.39 Å². The Morgan fingerprint density at radius 1 is 1.09 bits per heavy atom. The van der Waals surface area contributed by atoms with Crippen LogP contribution in [0.5, 0.6) is 0 Å². The summed E-state index contributed by atoms with van der Waals surface area (Å²) >= 11 is 0. The fourth-order valence-electron chi connectivity index (χ4n) is 9.66. The number of benzene rings is 1. The highest BCUT2D eigenvalue weighted by molar-refractivity contribution is 6.01. The standard InChI is InChI=1S/C35H40FNO7/c1-32-13-12-24(40)15-22(32)8-10-25-26-16-30-35(29(42)19-39,33(26,2)17-28(41)34(25,32)36)44-31(43-30)27-11-9-23(37(27)3)14-20-4-6-21(18-38)7-5-20/h4-7,9,11-13,15,25-26,28,30-31,38-39,41H,8,10,14,16-19H2,1-3H3/t25-,26-,28-,30+,31+,32-,33-,34-,35+/m0/s1. The number of allylic oxidation sites excluding steroid dienone is 4. The summed E-state index contributed by atoms with van der Waals surface area (Å²) in [6.07, 6.45) is 3.37. The van der Waals surface area contributed by atoms with E-state index < -0.39 is 58.9 Å². The zero-order valence-corrected chi connectivity index (χ0v) is 25.3. The number of carbonyl (C=O) groups is 2. The number of hydrogen-bond acceptors (Lipinski definition) is 7. The largest absolute Gasteiger partial charge is 0.392 e. The van der Waals surface area contributed by atoms with Gasteiger partial charge in [0.1, 0.15) is 6.61 Å². The van der Waals surface area contributed by atoms with Gasteiger partial charge in [-0.25, -0.2) is 4.39 Å². The molecular weight excluding hydrogens is 565 g/mol. The number of aliphatic hydroxyl groups is 3. The van der Waals surface area contributed by atoms with Gasteiger partial charge in [0.25, 0.3) is 0 Å². The number of Topliss-reactive ketones (excluding diaryl/α,β-unsaturated/α-hetero) is 1. The number of aromatic nitrogens is 1. The molecule has 8 nitrogen and oxygen atoms in total. The second-order valence-electron chi connectivity index (χ2n) is 13.9. The van der Waals surface area contributed by atoms with E-state index in [0.717, 1.165) is 22.5 Å². The Hall–Kier alpha value is -2.95. The quantitative estimate of drug-likeness (QED) is 0.459. The number of hydrogen-bond donors (Lipinski definition) is 3. The van der Waals surface area contributed by atoms with Crippen LogP contribution in [0, 0.1) is 22.7 Å². The van der Waals surface area contributed by atoms with Crippen molar-refractivity contribution >= 4 is 11.6 Å². The molecule has 0 unspecified atom stereocenters. The highest BCUT2D eigenvalue weighted by Crippen LogP contribution is 2.72. The van der Waals surface area contributed by atoms with E-state index in [1.165, 1.54) is 12.2 Å². The first-order valence-electron chi connectivity index (χ1n) is 15.5. The zero-order valence-electron chi connectivity index (χ0n) is 25.3. The van der Waals surface area contributed by atoms with E-state index >= 15 is 4.39 Å². The molecule has 9 atom stereocenters. The van der Waals surface area contributed by atoms with Crippen LogP contribution in [0.15, 0.2) is 60.2 Å². The van der Waals surface area contributed by atoms with Gasteiger partial charge in [0.2, 0.25) is 6.29 Å². The van der Waals surface area contributed by atoms with Crippen LogP contribution >= 0.6 is 0 Å². The molecule has 7 rings (SSSR count). The predicted molar refractivity (Wildman–Crippen MR) is 158 cm³/mol. The third-order valence-electron chi connectivity index (χ3n) is 12.0. The number of alkyl halides is 1. The topological polar surface area (TPSA) is 118 Å². The molecule has 9 heteroatoms. The van der Waals surface area contributed by atoms with Gasteiger partial charge in [-0.05, 0) is 73.9 Å². The van der Waals surface area contributed by atoms with E-state index in [1.54, 1.807) is 13.0 Å². The van der Waals surface area contributed by atoms with E-state index in [0.29, 0.717) is 31.3 Å². The average molecular weight is 606 g/mol. The molecule has 2 aromatic rings. The smallest absolute Gasteiger partial charge is 0.200 e. The average Bonchev–Trinajstić information content (AvgIpc) is 3.64. The Balaban J connectivity index is 1.21. The zero-order chi connectivity index (χ0) is 31.2. The molecule has 1 aromatic heterocycles. The SMILES string of the molecule is Cn1c(Cc2ccc(CO)cc2)ccc1[C@@H]1O[C@@H]2C[C@H]3[C@@H]4CCC5=CC(=O)C=C[C@]5(C)[C@@]4(F)[C@@H](O)C[C@]3(C)[C@]2(C(=O)CO)O1. The van der Waals surface area contributed by atoms with Crippen LogP contribution in [0.25, 0.3) is 0 Å². The van der Waals surface area contributed by atoms with Gasteiger partial charge in [-0.15, -0.1) is 0 Å². The second-order valence-corrected chi connectivity index (χ2v) is 13.9. The molecule has 1 saturated heterocycles. The summed E-state index contributed by atoms with van der Waals surface area (Å²) in [7, 11) is 1.91. The van der Waals surface area contributed by atoms with Gasteiger partial charge in [-0.1, -0.05) is 42.8 Å². The molecule has 3 saturated carbocycles. The summed E-state index contributed by atoms with van der Waals surface area (Å²) in [6.45, 7) is 2.88. The first kappa shape index (κ1) is 29.7. The summed E-state index contributed by atoms with van der Waals surface area (Å²) in [4.78, 5) is 26.0. The molecule has 5 aliphatic rings. The lowest BCUT2D eigenvalue weighted by Gasteiger charge is -2.62. The molecule has 0 amide bonds. The fourth-order valence-corrected chi connectivity index (χ4v) is 9.66. The van der Waals surface area contributed by atoms with Crippen LogP contribution in [-0.2, 0) is 39.1 Å². The summed E-state index contributed by atoms with van der Waals surface area (Å²) < 4.78 is 32.8. The molecule has 234 valence electrons. The molecule has 3 N–H and O–H groups in total. The number of aliphatic hydroxyl groups excluding tert-OH is 3. The first-order valence-corrected chi connectivity index (χ1v) is 15.5.